The molecule has 2 aliphatic carbocycles. The van der Waals surface area contributed by atoms with Gasteiger partial charge in [-0.05, 0) is 41.7 Å². The number of carbonyl (C=O) groups is 1. The van der Waals surface area contributed by atoms with E-state index in [0.29, 0.717) is 0 Å². The van der Waals surface area contributed by atoms with E-state index in [0.717, 1.165) is 19.3 Å². The summed E-state index contributed by atoms with van der Waals surface area (Å²) in [6, 6.07) is 8.37. The van der Waals surface area contributed by atoms with E-state index < -0.39 is 11.4 Å². The van der Waals surface area contributed by atoms with Crippen LogP contribution in [-0.2, 0) is 17.6 Å². The molecule has 0 saturated heterocycles. The van der Waals surface area contributed by atoms with Gasteiger partial charge >= 0.3 is 5.97 Å². The predicted octanol–water partition coefficient (Wildman–Crippen LogP) is 2.90. The van der Waals surface area contributed by atoms with Gasteiger partial charge in [-0.3, -0.25) is 4.79 Å². The maximum atomic E-state index is 11.6. The van der Waals surface area contributed by atoms with Crippen molar-refractivity contribution in [3.8, 4) is 0 Å². The summed E-state index contributed by atoms with van der Waals surface area (Å²) < 4.78 is 0. The van der Waals surface area contributed by atoms with Crippen molar-refractivity contribution in [3.63, 3.8) is 0 Å². The number of fused-ring (bicyclic) bond motifs is 1. The second-order valence-corrected chi connectivity index (χ2v) is 6.21. The number of hydrogen-bond acceptors (Lipinski definition) is 1. The van der Waals surface area contributed by atoms with Crippen molar-refractivity contribution in [2.45, 2.75) is 33.1 Å². The molecule has 1 unspecified atom stereocenters. The van der Waals surface area contributed by atoms with E-state index in [9.17, 15) is 9.90 Å². The van der Waals surface area contributed by atoms with Gasteiger partial charge < -0.3 is 5.11 Å². The Labute approximate surface area is 102 Å². The van der Waals surface area contributed by atoms with E-state index in [1.165, 1.54) is 11.1 Å². The monoisotopic (exact) mass is 230 g/mol. The molecule has 2 heteroatoms. The second-order valence-electron chi connectivity index (χ2n) is 6.21. The average molecular weight is 230 g/mol. The number of hydrogen-bond donors (Lipinski definition) is 1. The number of aliphatic carboxylic acids is 1. The van der Waals surface area contributed by atoms with Crippen molar-refractivity contribution >= 4 is 5.97 Å². The van der Waals surface area contributed by atoms with Crippen molar-refractivity contribution in [1.29, 1.82) is 0 Å². The molecular formula is C15H18O2. The molecule has 1 atom stereocenters. The number of benzene rings is 1. The first-order valence-electron chi connectivity index (χ1n) is 6.27. The third-order valence-electron chi connectivity index (χ3n) is 4.93. The lowest BCUT2D eigenvalue weighted by Gasteiger charge is -2.22. The molecule has 1 N–H and O–H groups in total. The van der Waals surface area contributed by atoms with E-state index in [2.05, 4.69) is 26.0 Å². The van der Waals surface area contributed by atoms with Gasteiger partial charge in [-0.25, -0.2) is 0 Å². The molecule has 0 aromatic heterocycles. The molecule has 0 aliphatic heterocycles. The SMILES string of the molecule is CC1(C)CC1(C(=O)O)C1Cc2ccccc2C1. The van der Waals surface area contributed by atoms with Crippen LogP contribution in [0.5, 0.6) is 0 Å². The van der Waals surface area contributed by atoms with Gasteiger partial charge in [0.25, 0.3) is 0 Å². The Balaban J connectivity index is 1.92. The van der Waals surface area contributed by atoms with Crippen LogP contribution in [-0.4, -0.2) is 11.1 Å². The Morgan fingerprint density at radius 1 is 1.24 bits per heavy atom. The summed E-state index contributed by atoms with van der Waals surface area (Å²) in [5.74, 6) is -0.312. The summed E-state index contributed by atoms with van der Waals surface area (Å²) in [6.45, 7) is 4.17. The van der Waals surface area contributed by atoms with Crippen LogP contribution >= 0.6 is 0 Å². The Morgan fingerprint density at radius 2 is 1.71 bits per heavy atom. The number of rotatable bonds is 2. The molecule has 1 aromatic carbocycles. The van der Waals surface area contributed by atoms with Crippen LogP contribution in [0.25, 0.3) is 0 Å². The molecule has 0 heterocycles. The first-order valence-corrected chi connectivity index (χ1v) is 6.27. The van der Waals surface area contributed by atoms with Crippen LogP contribution in [0.4, 0.5) is 0 Å². The van der Waals surface area contributed by atoms with E-state index in [4.69, 9.17) is 0 Å². The number of carboxylic acids is 1. The molecule has 90 valence electrons. The summed E-state index contributed by atoms with van der Waals surface area (Å²) in [5, 5.41) is 9.58. The summed E-state index contributed by atoms with van der Waals surface area (Å²) in [5.41, 5.74) is 2.18. The summed E-state index contributed by atoms with van der Waals surface area (Å²) in [7, 11) is 0. The lowest BCUT2D eigenvalue weighted by molar-refractivity contribution is -0.147. The second kappa shape index (κ2) is 3.12. The summed E-state index contributed by atoms with van der Waals surface area (Å²) in [4.78, 5) is 11.6. The van der Waals surface area contributed by atoms with Crippen molar-refractivity contribution in [3.05, 3.63) is 35.4 Å². The van der Waals surface area contributed by atoms with Crippen LogP contribution in [0.15, 0.2) is 24.3 Å². The van der Waals surface area contributed by atoms with E-state index in [-0.39, 0.29) is 11.3 Å². The highest BCUT2D eigenvalue weighted by Gasteiger charge is 2.70. The van der Waals surface area contributed by atoms with Crippen molar-refractivity contribution in [2.75, 3.05) is 0 Å². The Morgan fingerprint density at radius 3 is 2.06 bits per heavy atom. The molecule has 2 aliphatic rings. The van der Waals surface area contributed by atoms with Crippen molar-refractivity contribution in [1.82, 2.24) is 0 Å². The normalized spacial score (nSPS) is 30.0. The first-order chi connectivity index (χ1) is 7.97. The molecule has 3 rings (SSSR count). The van der Waals surface area contributed by atoms with Crippen LogP contribution in [0.3, 0.4) is 0 Å². The van der Waals surface area contributed by atoms with Crippen LogP contribution in [0, 0.1) is 16.7 Å². The maximum absolute atomic E-state index is 11.6. The third kappa shape index (κ3) is 1.30. The number of carboxylic acid groups (broad SMARTS) is 1. The summed E-state index contributed by atoms with van der Waals surface area (Å²) in [6.07, 6.45) is 2.70. The Bertz CT molecular complexity index is 464. The highest BCUT2D eigenvalue weighted by Crippen LogP contribution is 2.69. The minimum atomic E-state index is -0.597. The van der Waals surface area contributed by atoms with Crippen LogP contribution in [0.2, 0.25) is 0 Å². The smallest absolute Gasteiger partial charge is 0.310 e. The van der Waals surface area contributed by atoms with E-state index >= 15 is 0 Å². The molecule has 0 spiro atoms. The van der Waals surface area contributed by atoms with Crippen molar-refractivity contribution < 1.29 is 9.90 Å². The van der Waals surface area contributed by atoms with Gasteiger partial charge in [-0.2, -0.15) is 0 Å². The Hall–Kier alpha value is -1.31. The third-order valence-corrected chi connectivity index (χ3v) is 4.93. The van der Waals surface area contributed by atoms with E-state index in [1.54, 1.807) is 0 Å². The standard InChI is InChI=1S/C15H18O2/c1-14(2)9-15(14,13(16)17)12-7-10-5-3-4-6-11(10)8-12/h3-6,12H,7-9H2,1-2H3,(H,16,17). The highest BCUT2D eigenvalue weighted by molar-refractivity contribution is 5.80. The molecule has 1 aromatic rings. The fourth-order valence-corrected chi connectivity index (χ4v) is 3.80. The van der Waals surface area contributed by atoms with Gasteiger partial charge in [0.15, 0.2) is 0 Å². The van der Waals surface area contributed by atoms with Crippen LogP contribution < -0.4 is 0 Å². The van der Waals surface area contributed by atoms with E-state index in [1.807, 2.05) is 12.1 Å². The molecule has 0 bridgehead atoms. The van der Waals surface area contributed by atoms with Crippen molar-refractivity contribution in [2.24, 2.45) is 16.7 Å². The zero-order valence-corrected chi connectivity index (χ0v) is 10.4. The molecule has 0 amide bonds. The van der Waals surface area contributed by atoms with Gasteiger partial charge in [0.05, 0.1) is 5.41 Å². The fourth-order valence-electron chi connectivity index (χ4n) is 3.80. The minimum absolute atomic E-state index is 0.0362. The summed E-state index contributed by atoms with van der Waals surface area (Å²) >= 11 is 0. The zero-order chi connectivity index (χ0) is 12.3. The minimum Gasteiger partial charge on any atom is -0.481 e. The van der Waals surface area contributed by atoms with Gasteiger partial charge in [-0.1, -0.05) is 38.1 Å². The topological polar surface area (TPSA) is 37.3 Å². The average Bonchev–Trinajstić information content (AvgIpc) is 2.69. The first kappa shape index (κ1) is 10.8. The molecule has 1 saturated carbocycles. The fraction of sp³-hybridized carbons (Fsp3) is 0.533. The van der Waals surface area contributed by atoms with Gasteiger partial charge in [0, 0.05) is 0 Å². The van der Waals surface area contributed by atoms with Gasteiger partial charge in [0.1, 0.15) is 0 Å². The van der Waals surface area contributed by atoms with Crippen LogP contribution in [0.1, 0.15) is 31.4 Å². The predicted molar refractivity (Wildman–Crippen MR) is 65.8 cm³/mol. The molecule has 17 heavy (non-hydrogen) atoms. The quantitative estimate of drug-likeness (QED) is 0.848. The largest absolute Gasteiger partial charge is 0.481 e. The molecular weight excluding hydrogens is 212 g/mol. The van der Waals surface area contributed by atoms with Gasteiger partial charge in [-0.15, -0.1) is 0 Å². The lowest BCUT2D eigenvalue weighted by Crippen LogP contribution is -2.30. The maximum Gasteiger partial charge on any atom is 0.310 e. The highest BCUT2D eigenvalue weighted by atomic mass is 16.4. The molecule has 2 nitrogen and oxygen atoms in total. The lowest BCUT2D eigenvalue weighted by atomic mass is 9.80. The van der Waals surface area contributed by atoms with Gasteiger partial charge in [0.2, 0.25) is 0 Å². The Kier molecular flexibility index (Phi) is 1.99. The zero-order valence-electron chi connectivity index (χ0n) is 10.4. The molecule has 1 fully saturated rings. The molecule has 0 radical (unpaired) electrons.